The Morgan fingerprint density at radius 2 is 1.79 bits per heavy atom. The summed E-state index contributed by atoms with van der Waals surface area (Å²) in [5, 5.41) is 0.499. The van der Waals surface area contributed by atoms with E-state index in [9.17, 15) is 9.59 Å². The smallest absolute Gasteiger partial charge is 0.290 e. The van der Waals surface area contributed by atoms with E-state index in [1.54, 1.807) is 35.5 Å². The molecule has 1 aliphatic heterocycles. The normalized spacial score (nSPS) is 16.2. The summed E-state index contributed by atoms with van der Waals surface area (Å²) in [7, 11) is 0. The summed E-state index contributed by atoms with van der Waals surface area (Å²) in [6.07, 6.45) is 3.37. The molecule has 3 heterocycles. The van der Waals surface area contributed by atoms with Gasteiger partial charge in [-0.3, -0.25) is 14.6 Å². The van der Waals surface area contributed by atoms with Gasteiger partial charge >= 0.3 is 0 Å². The van der Waals surface area contributed by atoms with Crippen LogP contribution in [0.5, 0.6) is 0 Å². The minimum absolute atomic E-state index is 0.141. The number of benzene rings is 1. The maximum Gasteiger partial charge on any atom is 0.290 e. The van der Waals surface area contributed by atoms with Gasteiger partial charge in [-0.25, -0.2) is 0 Å². The summed E-state index contributed by atoms with van der Waals surface area (Å²) in [4.78, 5) is 34.6. The number of carbonyl (C=O) groups is 1. The average Bonchev–Trinajstić information content (AvgIpc) is 3.02. The maximum atomic E-state index is 13.3. The zero-order valence-corrected chi connectivity index (χ0v) is 16.1. The van der Waals surface area contributed by atoms with E-state index in [1.165, 1.54) is 0 Å². The molecule has 144 valence electrons. The van der Waals surface area contributed by atoms with E-state index in [1.807, 2.05) is 18.2 Å². The molecule has 1 unspecified atom stereocenters. The number of hydrogen-bond acceptors (Lipinski definition) is 5. The van der Waals surface area contributed by atoms with Gasteiger partial charge in [0.25, 0.3) is 5.91 Å². The maximum absolute atomic E-state index is 13.3. The van der Waals surface area contributed by atoms with E-state index in [2.05, 4.69) is 23.7 Å². The topological polar surface area (TPSA) is 66.7 Å². The van der Waals surface area contributed by atoms with E-state index < -0.39 is 6.04 Å². The molecule has 4 rings (SSSR count). The summed E-state index contributed by atoms with van der Waals surface area (Å²) in [6.45, 7) is 7.28. The van der Waals surface area contributed by atoms with Gasteiger partial charge in [-0.2, -0.15) is 0 Å². The van der Waals surface area contributed by atoms with E-state index in [4.69, 9.17) is 4.42 Å². The van der Waals surface area contributed by atoms with Crippen molar-refractivity contribution < 1.29 is 9.21 Å². The van der Waals surface area contributed by atoms with Crippen molar-refractivity contribution in [2.75, 3.05) is 26.2 Å². The highest BCUT2D eigenvalue weighted by Gasteiger charge is 2.42. The first-order chi connectivity index (χ1) is 13.7. The Morgan fingerprint density at radius 3 is 2.50 bits per heavy atom. The van der Waals surface area contributed by atoms with E-state index >= 15 is 0 Å². The summed E-state index contributed by atoms with van der Waals surface area (Å²) in [5.74, 6) is -0.0723. The molecule has 28 heavy (non-hydrogen) atoms. The molecule has 1 amide bonds. The number of likely N-dealkylation sites (N-methyl/N-ethyl adjacent to an activating group) is 1. The van der Waals surface area contributed by atoms with Gasteiger partial charge in [0.1, 0.15) is 5.58 Å². The van der Waals surface area contributed by atoms with Crippen molar-refractivity contribution in [2.24, 2.45) is 0 Å². The second kappa shape index (κ2) is 7.56. The molecule has 0 aliphatic carbocycles. The molecule has 2 aromatic heterocycles. The van der Waals surface area contributed by atoms with Crippen LogP contribution in [0.25, 0.3) is 11.0 Å². The molecule has 1 aliphatic rings. The van der Waals surface area contributed by atoms with Gasteiger partial charge in [0.2, 0.25) is 5.76 Å². The van der Waals surface area contributed by atoms with Crippen LogP contribution in [-0.2, 0) is 0 Å². The molecular formula is C22H23N3O3. The Hall–Kier alpha value is -2.99. The fraction of sp³-hybridized carbons (Fsp3) is 0.318. The van der Waals surface area contributed by atoms with Crippen LogP contribution in [0.2, 0.25) is 0 Å². The van der Waals surface area contributed by atoms with Crippen molar-refractivity contribution in [3.63, 3.8) is 0 Å². The molecular weight excluding hydrogens is 354 g/mol. The molecule has 0 bridgehead atoms. The lowest BCUT2D eigenvalue weighted by atomic mass is 9.99. The number of hydrogen-bond donors (Lipinski definition) is 0. The lowest BCUT2D eigenvalue weighted by molar-refractivity contribution is 0.0708. The van der Waals surface area contributed by atoms with Gasteiger partial charge in [-0.05, 0) is 42.9 Å². The molecule has 1 aromatic carbocycles. The highest BCUT2D eigenvalue weighted by molar-refractivity contribution is 5.99. The number of para-hydroxylation sites is 1. The lowest BCUT2D eigenvalue weighted by Gasteiger charge is -2.28. The Bertz CT molecular complexity index is 1060. The van der Waals surface area contributed by atoms with Gasteiger partial charge in [0.15, 0.2) is 5.43 Å². The van der Waals surface area contributed by atoms with Crippen LogP contribution < -0.4 is 5.43 Å². The SMILES string of the molecule is CCN(CC)CCN1C(=O)c2oc3ccccc3c(=O)c2C1c1ccncc1. The number of nitrogens with zero attached hydrogens (tertiary/aromatic N) is 3. The Balaban J connectivity index is 1.85. The van der Waals surface area contributed by atoms with E-state index in [0.717, 1.165) is 25.2 Å². The van der Waals surface area contributed by atoms with Gasteiger partial charge in [0.05, 0.1) is 17.0 Å². The number of aromatic nitrogens is 1. The quantitative estimate of drug-likeness (QED) is 0.660. The highest BCUT2D eigenvalue weighted by atomic mass is 16.3. The summed E-state index contributed by atoms with van der Waals surface area (Å²) < 4.78 is 5.92. The van der Waals surface area contributed by atoms with Gasteiger partial charge in [-0.1, -0.05) is 26.0 Å². The van der Waals surface area contributed by atoms with Crippen LogP contribution in [0.15, 0.2) is 58.0 Å². The molecule has 3 aromatic rings. The number of amides is 1. The zero-order valence-electron chi connectivity index (χ0n) is 16.1. The predicted octanol–water partition coefficient (Wildman–Crippen LogP) is 3.08. The van der Waals surface area contributed by atoms with Crippen LogP contribution in [0, 0.1) is 0 Å². The first kappa shape index (κ1) is 18.4. The molecule has 6 nitrogen and oxygen atoms in total. The second-order valence-corrected chi connectivity index (χ2v) is 6.88. The minimum atomic E-state index is -0.457. The minimum Gasteiger partial charge on any atom is -0.450 e. The summed E-state index contributed by atoms with van der Waals surface area (Å²) in [6, 6.07) is 10.3. The van der Waals surface area contributed by atoms with Crippen molar-refractivity contribution in [1.82, 2.24) is 14.8 Å². The molecule has 0 N–H and O–H groups in total. The Morgan fingerprint density at radius 1 is 1.07 bits per heavy atom. The van der Waals surface area contributed by atoms with Crippen LogP contribution in [0.1, 0.15) is 41.6 Å². The van der Waals surface area contributed by atoms with Crippen molar-refractivity contribution in [3.05, 3.63) is 75.9 Å². The third-order valence-corrected chi connectivity index (χ3v) is 5.45. The Labute approximate surface area is 163 Å². The standard InChI is InChI=1S/C22H23N3O3/c1-3-24(4-2)13-14-25-19(15-9-11-23-12-10-15)18-20(26)16-7-5-6-8-17(16)28-21(18)22(25)27/h5-12,19H,3-4,13-14H2,1-2H3. The van der Waals surface area contributed by atoms with Crippen molar-refractivity contribution in [1.29, 1.82) is 0 Å². The van der Waals surface area contributed by atoms with Crippen LogP contribution in [-0.4, -0.2) is 46.9 Å². The number of carbonyl (C=O) groups excluding carboxylic acids is 1. The number of rotatable bonds is 6. The third-order valence-electron chi connectivity index (χ3n) is 5.45. The number of fused-ring (bicyclic) bond motifs is 2. The van der Waals surface area contributed by atoms with Crippen LogP contribution >= 0.6 is 0 Å². The summed E-state index contributed by atoms with van der Waals surface area (Å²) in [5.41, 5.74) is 1.59. The van der Waals surface area contributed by atoms with Crippen LogP contribution in [0.3, 0.4) is 0 Å². The first-order valence-corrected chi connectivity index (χ1v) is 9.64. The summed E-state index contributed by atoms with van der Waals surface area (Å²) >= 11 is 0. The molecule has 0 fully saturated rings. The van der Waals surface area contributed by atoms with Crippen LogP contribution in [0.4, 0.5) is 0 Å². The molecule has 0 saturated heterocycles. The van der Waals surface area contributed by atoms with Gasteiger partial charge in [-0.15, -0.1) is 0 Å². The lowest BCUT2D eigenvalue weighted by Crippen LogP contribution is -2.37. The third kappa shape index (κ3) is 2.99. The Kier molecular flexibility index (Phi) is 4.96. The van der Waals surface area contributed by atoms with Crippen molar-refractivity contribution in [3.8, 4) is 0 Å². The largest absolute Gasteiger partial charge is 0.450 e. The van der Waals surface area contributed by atoms with Gasteiger partial charge in [0, 0.05) is 25.5 Å². The van der Waals surface area contributed by atoms with Crippen molar-refractivity contribution >= 4 is 16.9 Å². The fourth-order valence-corrected chi connectivity index (χ4v) is 3.88. The fourth-order valence-electron chi connectivity index (χ4n) is 3.88. The monoisotopic (exact) mass is 377 g/mol. The average molecular weight is 377 g/mol. The molecule has 0 saturated carbocycles. The van der Waals surface area contributed by atoms with E-state index in [0.29, 0.717) is 23.1 Å². The second-order valence-electron chi connectivity index (χ2n) is 6.88. The zero-order chi connectivity index (χ0) is 19.7. The first-order valence-electron chi connectivity index (χ1n) is 9.64. The number of pyridine rings is 1. The molecule has 0 spiro atoms. The molecule has 0 radical (unpaired) electrons. The molecule has 6 heteroatoms. The van der Waals surface area contributed by atoms with Crippen molar-refractivity contribution in [2.45, 2.75) is 19.9 Å². The predicted molar refractivity (Wildman–Crippen MR) is 107 cm³/mol. The highest BCUT2D eigenvalue weighted by Crippen LogP contribution is 2.37. The van der Waals surface area contributed by atoms with Gasteiger partial charge < -0.3 is 14.2 Å². The van der Waals surface area contributed by atoms with E-state index in [-0.39, 0.29) is 17.1 Å². The molecule has 1 atom stereocenters.